The van der Waals surface area contributed by atoms with Crippen LogP contribution in [0.2, 0.25) is 0 Å². The number of allylic oxidation sites excluding steroid dienone is 4. The molecular formula is C17H22Cl2NTi. The van der Waals surface area contributed by atoms with Crippen LogP contribution < -0.4 is 24.8 Å². The second kappa shape index (κ2) is 8.55. The Morgan fingerprint density at radius 3 is 2.29 bits per heavy atom. The minimum atomic E-state index is 0. The van der Waals surface area contributed by atoms with E-state index < -0.39 is 0 Å². The molecule has 0 atom stereocenters. The molecule has 0 saturated carbocycles. The molecule has 0 aromatic heterocycles. The van der Waals surface area contributed by atoms with Gasteiger partial charge in [0.15, 0.2) is 0 Å². The second-order valence-electron chi connectivity index (χ2n) is 6.24. The van der Waals surface area contributed by atoms with Gasteiger partial charge in [0, 0.05) is 0 Å². The zero-order valence-electron chi connectivity index (χ0n) is 13.1. The summed E-state index contributed by atoms with van der Waals surface area (Å²) in [4.78, 5) is 0. The summed E-state index contributed by atoms with van der Waals surface area (Å²) >= 11 is 2.20. The Labute approximate surface area is 153 Å². The molecule has 1 aliphatic carbocycles. The summed E-state index contributed by atoms with van der Waals surface area (Å²) in [5, 5.41) is 0. The normalized spacial score (nSPS) is 14.2. The molecule has 21 heavy (non-hydrogen) atoms. The molecule has 0 N–H and O–H groups in total. The summed E-state index contributed by atoms with van der Waals surface area (Å²) < 4.78 is 2.40. The molecular weight excluding hydrogens is 337 g/mol. The molecule has 0 saturated heterocycles. The first kappa shape index (κ1) is 21.0. The van der Waals surface area contributed by atoms with E-state index in [0.29, 0.717) is 0 Å². The van der Waals surface area contributed by atoms with E-state index in [1.165, 1.54) is 22.3 Å². The van der Waals surface area contributed by atoms with Gasteiger partial charge in [0.1, 0.15) is 0 Å². The first-order valence-corrected chi connectivity index (χ1v) is 7.52. The summed E-state index contributed by atoms with van der Waals surface area (Å²) in [6.45, 7) is 9.95. The molecule has 0 amide bonds. The number of halogens is 2. The third-order valence-electron chi connectivity index (χ3n) is 3.55. The average Bonchev–Trinajstić information content (AvgIpc) is 2.75. The monoisotopic (exact) mass is 358 g/mol. The van der Waals surface area contributed by atoms with Crippen molar-refractivity contribution >= 4 is 5.57 Å². The average molecular weight is 359 g/mol. The van der Waals surface area contributed by atoms with Gasteiger partial charge in [0.2, 0.25) is 0 Å². The fraction of sp³-hybridized carbons (Fsp3) is 0.412. The molecule has 1 nitrogen and oxygen atoms in total. The Bertz CT molecular complexity index is 530. The van der Waals surface area contributed by atoms with Crippen LogP contribution in [-0.2, 0) is 27.2 Å². The minimum Gasteiger partial charge on any atom is -1.00 e. The SMILES string of the molecule is CC1=CCC(c2ccccc2C[N]([Ti+2])C(C)(C)C)=C1.[Cl-].[Cl-]. The van der Waals surface area contributed by atoms with Crippen molar-refractivity contribution in [2.45, 2.75) is 46.2 Å². The molecule has 0 aliphatic heterocycles. The van der Waals surface area contributed by atoms with Gasteiger partial charge in [-0.1, -0.05) is 0 Å². The molecule has 0 spiro atoms. The number of nitrogens with zero attached hydrogens (tertiary/aromatic N) is 1. The van der Waals surface area contributed by atoms with Crippen LogP contribution in [0.1, 0.15) is 45.2 Å². The molecule has 0 radical (unpaired) electrons. The standard InChI is InChI=1S/C17H22N.2ClH.Ti/c1-13-9-10-14(11-13)16-8-6-5-7-15(16)12-18-17(2,3)4;;;/h5-9,11H,10,12H2,1-4H3;2*1H;/q-1;;;+3/p-2. The van der Waals surface area contributed by atoms with Gasteiger partial charge in [-0.3, -0.25) is 0 Å². The molecule has 1 aromatic carbocycles. The van der Waals surface area contributed by atoms with Crippen molar-refractivity contribution in [3.8, 4) is 0 Å². The van der Waals surface area contributed by atoms with E-state index in [1.807, 2.05) is 0 Å². The Kier molecular flexibility index (Phi) is 8.53. The summed E-state index contributed by atoms with van der Waals surface area (Å²) in [6.07, 6.45) is 5.69. The van der Waals surface area contributed by atoms with Gasteiger partial charge in [-0.05, 0) is 0 Å². The molecule has 0 bridgehead atoms. The van der Waals surface area contributed by atoms with Gasteiger partial charge in [-0.15, -0.1) is 0 Å². The first-order chi connectivity index (χ1) is 8.88. The maximum Gasteiger partial charge on any atom is -1.00 e. The Balaban J connectivity index is 0.00000200. The number of benzene rings is 1. The van der Waals surface area contributed by atoms with Crippen LogP contribution in [0.4, 0.5) is 0 Å². The predicted molar refractivity (Wildman–Crippen MR) is 78.1 cm³/mol. The predicted octanol–water partition coefficient (Wildman–Crippen LogP) is -1.51. The Morgan fingerprint density at radius 1 is 1.14 bits per heavy atom. The fourth-order valence-corrected chi connectivity index (χ4v) is 2.50. The van der Waals surface area contributed by atoms with E-state index in [1.54, 1.807) is 0 Å². The third-order valence-corrected chi connectivity index (χ3v) is 4.84. The van der Waals surface area contributed by atoms with Crippen LogP contribution in [0, 0.1) is 0 Å². The van der Waals surface area contributed by atoms with Gasteiger partial charge in [-0.25, -0.2) is 0 Å². The summed E-state index contributed by atoms with van der Waals surface area (Å²) in [7, 11) is 0. The van der Waals surface area contributed by atoms with Crippen molar-refractivity contribution in [2.24, 2.45) is 0 Å². The van der Waals surface area contributed by atoms with Crippen LogP contribution in [0.5, 0.6) is 0 Å². The Morgan fingerprint density at radius 2 is 1.76 bits per heavy atom. The largest absolute Gasteiger partial charge is 1.00 e. The molecule has 113 valence electrons. The van der Waals surface area contributed by atoms with Crippen molar-refractivity contribution < 1.29 is 45.5 Å². The summed E-state index contributed by atoms with van der Waals surface area (Å²) in [5.41, 5.74) is 5.87. The van der Waals surface area contributed by atoms with Crippen molar-refractivity contribution in [3.05, 3.63) is 53.1 Å². The Hall–Kier alpha value is -0.0457. The van der Waals surface area contributed by atoms with Gasteiger partial charge in [-0.2, -0.15) is 0 Å². The summed E-state index contributed by atoms with van der Waals surface area (Å²) in [6, 6.07) is 8.80. The van der Waals surface area contributed by atoms with E-state index in [9.17, 15) is 0 Å². The van der Waals surface area contributed by atoms with E-state index in [2.05, 4.69) is 88.2 Å². The molecule has 1 aromatic rings. The van der Waals surface area contributed by atoms with Crippen LogP contribution in [0.3, 0.4) is 0 Å². The maximum atomic E-state index is 2.40. The minimum absolute atomic E-state index is 0. The van der Waals surface area contributed by atoms with Crippen LogP contribution in [0.15, 0.2) is 42.0 Å². The van der Waals surface area contributed by atoms with Crippen molar-refractivity contribution in [3.63, 3.8) is 0 Å². The van der Waals surface area contributed by atoms with Gasteiger partial charge in [0.25, 0.3) is 0 Å². The molecule has 0 unspecified atom stereocenters. The fourth-order valence-electron chi connectivity index (χ4n) is 2.23. The molecule has 4 heteroatoms. The molecule has 0 heterocycles. The quantitative estimate of drug-likeness (QED) is 0.594. The van der Waals surface area contributed by atoms with Gasteiger partial charge >= 0.3 is 129 Å². The van der Waals surface area contributed by atoms with Crippen molar-refractivity contribution in [1.29, 1.82) is 0 Å². The third kappa shape index (κ3) is 5.58. The second-order valence-corrected chi connectivity index (χ2v) is 7.08. The maximum absolute atomic E-state index is 2.40. The van der Waals surface area contributed by atoms with Crippen LogP contribution in [0.25, 0.3) is 5.57 Å². The van der Waals surface area contributed by atoms with E-state index >= 15 is 0 Å². The smallest absolute Gasteiger partial charge is 1.00 e. The molecule has 0 fully saturated rings. The topological polar surface area (TPSA) is 3.24 Å². The van der Waals surface area contributed by atoms with Crippen molar-refractivity contribution in [1.82, 2.24) is 3.38 Å². The van der Waals surface area contributed by atoms with E-state index in [-0.39, 0.29) is 30.4 Å². The van der Waals surface area contributed by atoms with Crippen LogP contribution >= 0.6 is 0 Å². The number of hydrogen-bond acceptors (Lipinski definition) is 1. The summed E-state index contributed by atoms with van der Waals surface area (Å²) in [5.74, 6) is 0. The number of hydrogen-bond donors (Lipinski definition) is 0. The first-order valence-electron chi connectivity index (χ1n) is 6.82. The van der Waals surface area contributed by atoms with Gasteiger partial charge < -0.3 is 24.8 Å². The number of rotatable bonds is 3. The molecule has 1 aliphatic rings. The van der Waals surface area contributed by atoms with E-state index in [0.717, 1.165) is 13.0 Å². The van der Waals surface area contributed by atoms with E-state index in [4.69, 9.17) is 0 Å². The van der Waals surface area contributed by atoms with Crippen LogP contribution in [-0.4, -0.2) is 8.92 Å². The zero-order chi connectivity index (χ0) is 14.0. The molecule has 2 rings (SSSR count). The van der Waals surface area contributed by atoms with Gasteiger partial charge in [0.05, 0.1) is 0 Å². The van der Waals surface area contributed by atoms with Crippen molar-refractivity contribution in [2.75, 3.05) is 0 Å². The zero-order valence-corrected chi connectivity index (χ0v) is 16.2.